The van der Waals surface area contributed by atoms with E-state index in [-0.39, 0.29) is 11.3 Å². The van der Waals surface area contributed by atoms with Gasteiger partial charge in [-0.15, -0.1) is 0 Å². The summed E-state index contributed by atoms with van der Waals surface area (Å²) in [6.45, 7) is 8.50. The Hall–Kier alpha value is -1.79. The molecule has 0 spiro atoms. The molecule has 1 amide bonds. The fraction of sp³-hybridized carbons (Fsp3) is 0.500. The molecular weight excluding hydrogens is 260 g/mol. The zero-order chi connectivity index (χ0) is 15.5. The van der Waals surface area contributed by atoms with Gasteiger partial charge in [-0.25, -0.2) is 0 Å². The van der Waals surface area contributed by atoms with Gasteiger partial charge in [0.2, 0.25) is 5.91 Å². The van der Waals surface area contributed by atoms with Gasteiger partial charge in [0.25, 0.3) is 0 Å². The lowest BCUT2D eigenvalue weighted by Crippen LogP contribution is -2.27. The van der Waals surface area contributed by atoms with Crippen molar-refractivity contribution in [1.82, 2.24) is 4.90 Å². The monoisotopic (exact) mass is 284 g/mol. The predicted octanol–water partition coefficient (Wildman–Crippen LogP) is 2.39. The molecule has 112 valence electrons. The van der Waals surface area contributed by atoms with Crippen molar-refractivity contribution < 1.29 is 4.79 Å². The lowest BCUT2D eigenvalue weighted by molar-refractivity contribution is -0.128. The van der Waals surface area contributed by atoms with Crippen LogP contribution in [0.4, 0.5) is 0 Å². The quantitative estimate of drug-likeness (QED) is 0.848. The second kappa shape index (κ2) is 6.32. The molecule has 0 saturated carbocycles. The normalized spacial score (nSPS) is 18.6. The maximum absolute atomic E-state index is 12.2. The zero-order valence-corrected chi connectivity index (χ0v) is 13.1. The molecular formula is C18H24N2O. The molecule has 0 aromatic heterocycles. The highest BCUT2D eigenvalue weighted by molar-refractivity contribution is 5.78. The summed E-state index contributed by atoms with van der Waals surface area (Å²) in [7, 11) is 0. The average Bonchev–Trinajstić information content (AvgIpc) is 2.78. The van der Waals surface area contributed by atoms with Gasteiger partial charge in [-0.05, 0) is 29.0 Å². The number of rotatable bonds is 2. The minimum Gasteiger partial charge on any atom is -0.338 e. The van der Waals surface area contributed by atoms with E-state index < -0.39 is 0 Å². The Morgan fingerprint density at radius 1 is 1.38 bits per heavy atom. The highest BCUT2D eigenvalue weighted by Gasteiger charge is 2.36. The SMILES string of the molecule is CC(C)(C)C1CC(=O)N(Cc2cccc(C#CCN)c2)C1. The molecule has 3 heteroatoms. The molecule has 0 radical (unpaired) electrons. The fourth-order valence-electron chi connectivity index (χ4n) is 2.63. The molecule has 1 aromatic carbocycles. The molecule has 0 aliphatic carbocycles. The minimum atomic E-state index is 0.179. The highest BCUT2D eigenvalue weighted by atomic mass is 16.2. The molecule has 0 bridgehead atoms. The fourth-order valence-corrected chi connectivity index (χ4v) is 2.63. The van der Waals surface area contributed by atoms with Crippen molar-refractivity contribution in [2.45, 2.75) is 33.7 Å². The summed E-state index contributed by atoms with van der Waals surface area (Å²) in [5.41, 5.74) is 7.66. The van der Waals surface area contributed by atoms with E-state index >= 15 is 0 Å². The number of hydrogen-bond acceptors (Lipinski definition) is 2. The van der Waals surface area contributed by atoms with Gasteiger partial charge in [-0.1, -0.05) is 44.7 Å². The minimum absolute atomic E-state index is 0.179. The van der Waals surface area contributed by atoms with Crippen LogP contribution in [0.2, 0.25) is 0 Å². The maximum Gasteiger partial charge on any atom is 0.223 e. The van der Waals surface area contributed by atoms with Crippen molar-refractivity contribution in [1.29, 1.82) is 0 Å². The number of carbonyl (C=O) groups is 1. The van der Waals surface area contributed by atoms with Crippen LogP contribution in [0.25, 0.3) is 0 Å². The number of nitrogens with zero attached hydrogens (tertiary/aromatic N) is 1. The largest absolute Gasteiger partial charge is 0.338 e. The average molecular weight is 284 g/mol. The molecule has 2 N–H and O–H groups in total. The highest BCUT2D eigenvalue weighted by Crippen LogP contribution is 2.34. The van der Waals surface area contributed by atoms with Crippen LogP contribution in [0.1, 0.15) is 38.3 Å². The van der Waals surface area contributed by atoms with E-state index in [1.54, 1.807) is 0 Å². The summed E-state index contributed by atoms with van der Waals surface area (Å²) < 4.78 is 0. The van der Waals surface area contributed by atoms with Gasteiger partial charge in [0.05, 0.1) is 6.54 Å². The van der Waals surface area contributed by atoms with Crippen molar-refractivity contribution in [2.24, 2.45) is 17.1 Å². The van der Waals surface area contributed by atoms with E-state index in [9.17, 15) is 4.79 Å². The van der Waals surface area contributed by atoms with E-state index in [0.29, 0.717) is 25.4 Å². The third-order valence-electron chi connectivity index (χ3n) is 4.07. The first-order valence-electron chi connectivity index (χ1n) is 7.46. The summed E-state index contributed by atoms with van der Waals surface area (Å²) in [5, 5.41) is 0. The van der Waals surface area contributed by atoms with Crippen molar-refractivity contribution in [2.75, 3.05) is 13.1 Å². The number of nitrogens with two attached hydrogens (primary N) is 1. The second-order valence-corrected chi connectivity index (χ2v) is 6.75. The van der Waals surface area contributed by atoms with Crippen LogP contribution in [-0.4, -0.2) is 23.9 Å². The number of benzene rings is 1. The van der Waals surface area contributed by atoms with E-state index in [2.05, 4.69) is 32.6 Å². The van der Waals surface area contributed by atoms with Gasteiger partial charge >= 0.3 is 0 Å². The number of hydrogen-bond donors (Lipinski definition) is 1. The second-order valence-electron chi connectivity index (χ2n) is 6.75. The Morgan fingerprint density at radius 2 is 2.14 bits per heavy atom. The molecule has 1 heterocycles. The van der Waals surface area contributed by atoms with Crippen LogP contribution >= 0.6 is 0 Å². The summed E-state index contributed by atoms with van der Waals surface area (Å²) >= 11 is 0. The first kappa shape index (κ1) is 15.6. The standard InChI is InChI=1S/C18H24N2O/c1-18(2,3)16-11-17(21)20(13-16)12-15-7-4-6-14(10-15)8-5-9-19/h4,6-7,10,16H,9,11-13,19H2,1-3H3. The maximum atomic E-state index is 12.2. The Balaban J connectivity index is 2.07. The van der Waals surface area contributed by atoms with Crippen molar-refractivity contribution in [3.05, 3.63) is 35.4 Å². The number of amides is 1. The predicted molar refractivity (Wildman–Crippen MR) is 85.4 cm³/mol. The van der Waals surface area contributed by atoms with Crippen LogP contribution in [0.15, 0.2) is 24.3 Å². The third kappa shape index (κ3) is 4.09. The van der Waals surface area contributed by atoms with E-state index in [1.165, 1.54) is 0 Å². The van der Waals surface area contributed by atoms with Crippen molar-refractivity contribution in [3.8, 4) is 11.8 Å². The van der Waals surface area contributed by atoms with Crippen LogP contribution in [0, 0.1) is 23.2 Å². The number of likely N-dealkylation sites (tertiary alicyclic amines) is 1. The van der Waals surface area contributed by atoms with E-state index in [0.717, 1.165) is 17.7 Å². The van der Waals surface area contributed by atoms with Gasteiger partial charge in [0, 0.05) is 25.1 Å². The molecule has 1 aliphatic heterocycles. The molecule has 3 nitrogen and oxygen atoms in total. The zero-order valence-electron chi connectivity index (χ0n) is 13.1. The summed E-state index contributed by atoms with van der Waals surface area (Å²) in [4.78, 5) is 14.1. The Bertz CT molecular complexity index is 575. The van der Waals surface area contributed by atoms with Gasteiger partial charge in [0.1, 0.15) is 0 Å². The van der Waals surface area contributed by atoms with Crippen molar-refractivity contribution >= 4 is 5.91 Å². The molecule has 1 aromatic rings. The van der Waals surface area contributed by atoms with Crippen LogP contribution in [0.3, 0.4) is 0 Å². The Labute approximate surface area is 127 Å². The van der Waals surface area contributed by atoms with E-state index in [4.69, 9.17) is 5.73 Å². The van der Waals surface area contributed by atoms with Crippen molar-refractivity contribution in [3.63, 3.8) is 0 Å². The molecule has 1 unspecified atom stereocenters. The Kier molecular flexibility index (Phi) is 4.69. The van der Waals surface area contributed by atoms with Crippen LogP contribution in [-0.2, 0) is 11.3 Å². The van der Waals surface area contributed by atoms with Gasteiger partial charge in [-0.3, -0.25) is 4.79 Å². The Morgan fingerprint density at radius 3 is 2.76 bits per heavy atom. The number of carbonyl (C=O) groups excluding carboxylic acids is 1. The summed E-state index contributed by atoms with van der Waals surface area (Å²) in [6.07, 6.45) is 0.663. The van der Waals surface area contributed by atoms with Gasteiger partial charge in [-0.2, -0.15) is 0 Å². The third-order valence-corrected chi connectivity index (χ3v) is 4.07. The lowest BCUT2D eigenvalue weighted by Gasteiger charge is -2.26. The first-order valence-corrected chi connectivity index (χ1v) is 7.46. The topological polar surface area (TPSA) is 46.3 Å². The molecule has 1 aliphatic rings. The summed E-state index contributed by atoms with van der Waals surface area (Å²) in [5.74, 6) is 6.59. The molecule has 1 fully saturated rings. The molecule has 1 atom stereocenters. The van der Waals surface area contributed by atoms with Gasteiger partial charge < -0.3 is 10.6 Å². The lowest BCUT2D eigenvalue weighted by atomic mass is 9.80. The molecule has 1 saturated heterocycles. The smallest absolute Gasteiger partial charge is 0.223 e. The molecule has 21 heavy (non-hydrogen) atoms. The summed E-state index contributed by atoms with van der Waals surface area (Å²) in [6, 6.07) is 8.04. The first-order chi connectivity index (χ1) is 9.90. The van der Waals surface area contributed by atoms with Crippen LogP contribution < -0.4 is 5.73 Å². The van der Waals surface area contributed by atoms with Gasteiger partial charge in [0.15, 0.2) is 0 Å². The van der Waals surface area contributed by atoms with Crippen LogP contribution in [0.5, 0.6) is 0 Å². The molecule has 2 rings (SSSR count). The van der Waals surface area contributed by atoms with E-state index in [1.807, 2.05) is 29.2 Å².